The molecule has 0 aliphatic carbocycles. The van der Waals surface area contributed by atoms with Crippen LogP contribution in [0.4, 0.5) is 11.4 Å². The fourth-order valence-electron chi connectivity index (χ4n) is 2.44. The van der Waals surface area contributed by atoms with Crippen LogP contribution in [-0.4, -0.2) is 22.4 Å². The molecule has 146 valence electrons. The number of anilines is 1. The number of hydrogen-bond acceptors (Lipinski definition) is 5. The summed E-state index contributed by atoms with van der Waals surface area (Å²) in [5, 5.41) is 17.4. The number of carbonyl (C=O) groups excluding carboxylic acids is 2. The van der Waals surface area contributed by atoms with Crippen LogP contribution in [0.2, 0.25) is 0 Å². The van der Waals surface area contributed by atoms with Gasteiger partial charge in [0.2, 0.25) is 11.8 Å². The molecule has 2 amide bonds. The molecule has 0 spiro atoms. The maximum Gasteiger partial charge on any atom is 0.271 e. The largest absolute Gasteiger partial charge is 0.325 e. The molecular formula is C20H22N4O4. The summed E-state index contributed by atoms with van der Waals surface area (Å²) >= 11 is 0. The smallest absolute Gasteiger partial charge is 0.271 e. The number of nitro groups is 1. The third-order valence-corrected chi connectivity index (χ3v) is 3.98. The molecular weight excluding hydrogens is 360 g/mol. The second-order valence-corrected chi connectivity index (χ2v) is 6.35. The van der Waals surface area contributed by atoms with E-state index >= 15 is 0 Å². The van der Waals surface area contributed by atoms with Crippen LogP contribution in [-0.2, 0) is 16.0 Å². The number of nitrogens with one attached hydrogen (secondary N) is 2. The zero-order chi connectivity index (χ0) is 20.5. The van der Waals surface area contributed by atoms with E-state index in [4.69, 9.17) is 0 Å². The quantitative estimate of drug-likeness (QED) is 0.414. The number of nitro benzene ring substituents is 1. The summed E-state index contributed by atoms with van der Waals surface area (Å²) in [7, 11) is 0. The third kappa shape index (κ3) is 6.64. The first-order valence-electron chi connectivity index (χ1n) is 8.76. The van der Waals surface area contributed by atoms with E-state index in [1.807, 2.05) is 30.3 Å². The minimum atomic E-state index is -0.521. The lowest BCUT2D eigenvalue weighted by Gasteiger charge is -2.08. The molecule has 8 nitrogen and oxygen atoms in total. The Kier molecular flexibility index (Phi) is 7.38. The summed E-state index contributed by atoms with van der Waals surface area (Å²) in [6, 6.07) is 13.9. The minimum absolute atomic E-state index is 0.0406. The average molecular weight is 382 g/mol. The van der Waals surface area contributed by atoms with Gasteiger partial charge in [-0.1, -0.05) is 36.4 Å². The maximum atomic E-state index is 12.1. The van der Waals surface area contributed by atoms with Gasteiger partial charge < -0.3 is 5.32 Å². The summed E-state index contributed by atoms with van der Waals surface area (Å²) in [6.45, 7) is 3.37. The molecule has 2 rings (SSSR count). The van der Waals surface area contributed by atoms with Crippen molar-refractivity contribution in [3.05, 3.63) is 69.8 Å². The number of carbonyl (C=O) groups is 2. The van der Waals surface area contributed by atoms with Gasteiger partial charge >= 0.3 is 0 Å². The molecule has 0 atom stereocenters. The fraction of sp³-hybridized carbons (Fsp3) is 0.250. The molecule has 0 heterocycles. The second-order valence-electron chi connectivity index (χ2n) is 6.35. The number of aryl methyl sites for hydroxylation is 2. The Morgan fingerprint density at radius 2 is 1.82 bits per heavy atom. The van der Waals surface area contributed by atoms with Crippen LogP contribution < -0.4 is 10.7 Å². The Bertz CT molecular complexity index is 894. The molecule has 2 aromatic carbocycles. The van der Waals surface area contributed by atoms with Gasteiger partial charge in [-0.05, 0) is 31.4 Å². The highest BCUT2D eigenvalue weighted by atomic mass is 16.6. The number of hydrazone groups is 1. The highest BCUT2D eigenvalue weighted by Crippen LogP contribution is 2.21. The van der Waals surface area contributed by atoms with Crippen molar-refractivity contribution in [1.82, 2.24) is 5.43 Å². The van der Waals surface area contributed by atoms with Gasteiger partial charge in [-0.25, -0.2) is 5.43 Å². The lowest BCUT2D eigenvalue weighted by molar-refractivity contribution is -0.384. The normalized spacial score (nSPS) is 11.0. The Hall–Kier alpha value is -3.55. The van der Waals surface area contributed by atoms with Crippen LogP contribution in [0.25, 0.3) is 0 Å². The van der Waals surface area contributed by atoms with Crippen LogP contribution in [0.3, 0.4) is 0 Å². The summed E-state index contributed by atoms with van der Waals surface area (Å²) in [5.74, 6) is -0.610. The maximum absolute atomic E-state index is 12.1. The van der Waals surface area contributed by atoms with Crippen LogP contribution in [0, 0.1) is 17.0 Å². The average Bonchev–Trinajstić information content (AvgIpc) is 2.67. The van der Waals surface area contributed by atoms with E-state index in [0.717, 1.165) is 5.56 Å². The predicted molar refractivity (Wildman–Crippen MR) is 107 cm³/mol. The Balaban J connectivity index is 1.83. The number of non-ortho nitro benzene ring substituents is 1. The predicted octanol–water partition coefficient (Wildman–Crippen LogP) is 3.36. The first kappa shape index (κ1) is 20.8. The van der Waals surface area contributed by atoms with Crippen molar-refractivity contribution in [2.45, 2.75) is 33.1 Å². The fourth-order valence-corrected chi connectivity index (χ4v) is 2.44. The second kappa shape index (κ2) is 9.96. The Morgan fingerprint density at radius 3 is 2.50 bits per heavy atom. The first-order chi connectivity index (χ1) is 13.3. The molecule has 0 saturated carbocycles. The molecule has 0 saturated heterocycles. The topological polar surface area (TPSA) is 114 Å². The van der Waals surface area contributed by atoms with E-state index in [-0.39, 0.29) is 23.9 Å². The lowest BCUT2D eigenvalue weighted by Crippen LogP contribution is -2.21. The van der Waals surface area contributed by atoms with E-state index in [0.29, 0.717) is 29.8 Å². The van der Waals surface area contributed by atoms with Gasteiger partial charge in [0.25, 0.3) is 5.69 Å². The molecule has 0 aliphatic heterocycles. The number of amides is 2. The van der Waals surface area contributed by atoms with E-state index in [1.54, 1.807) is 19.9 Å². The van der Waals surface area contributed by atoms with E-state index in [2.05, 4.69) is 15.8 Å². The summed E-state index contributed by atoms with van der Waals surface area (Å²) < 4.78 is 0. The van der Waals surface area contributed by atoms with Gasteiger partial charge in [-0.2, -0.15) is 5.10 Å². The summed E-state index contributed by atoms with van der Waals surface area (Å²) in [5.41, 5.74) is 4.91. The zero-order valence-electron chi connectivity index (χ0n) is 15.8. The van der Waals surface area contributed by atoms with Crippen molar-refractivity contribution in [3.8, 4) is 0 Å². The summed E-state index contributed by atoms with van der Waals surface area (Å²) in [4.78, 5) is 34.3. The van der Waals surface area contributed by atoms with Gasteiger partial charge in [0.15, 0.2) is 0 Å². The summed E-state index contributed by atoms with van der Waals surface area (Å²) in [6.07, 6.45) is 0.856. The number of rotatable bonds is 8. The van der Waals surface area contributed by atoms with Gasteiger partial charge in [0, 0.05) is 24.3 Å². The Morgan fingerprint density at radius 1 is 1.11 bits per heavy atom. The molecule has 0 unspecified atom stereocenters. The number of nitrogens with zero attached hydrogens (tertiary/aromatic N) is 2. The monoisotopic (exact) mass is 382 g/mol. The van der Waals surface area contributed by atoms with Crippen molar-refractivity contribution in [3.63, 3.8) is 0 Å². The van der Waals surface area contributed by atoms with Crippen LogP contribution in [0.1, 0.15) is 30.9 Å². The zero-order valence-corrected chi connectivity index (χ0v) is 15.8. The lowest BCUT2D eigenvalue weighted by atomic mass is 10.1. The van der Waals surface area contributed by atoms with Gasteiger partial charge in [-0.15, -0.1) is 0 Å². The van der Waals surface area contributed by atoms with E-state index < -0.39 is 4.92 Å². The molecule has 0 aliphatic rings. The molecule has 2 N–H and O–H groups in total. The van der Waals surface area contributed by atoms with Crippen LogP contribution >= 0.6 is 0 Å². The Labute approximate surface area is 162 Å². The molecule has 0 fully saturated rings. The highest BCUT2D eigenvalue weighted by Gasteiger charge is 2.12. The molecule has 0 bridgehead atoms. The third-order valence-electron chi connectivity index (χ3n) is 3.98. The van der Waals surface area contributed by atoms with Crippen molar-refractivity contribution in [2.75, 3.05) is 5.32 Å². The van der Waals surface area contributed by atoms with Crippen molar-refractivity contribution >= 4 is 28.9 Å². The molecule has 0 radical (unpaired) electrons. The number of hydrogen-bond donors (Lipinski definition) is 2. The standard InChI is InChI=1S/C20H22N4O4/c1-14-8-10-17(24(27)28)13-18(14)21-20(26)12-15(2)22-23-19(25)11-9-16-6-4-3-5-7-16/h3-8,10,13H,9,11-12H2,1-2H3,(H,21,26)(H,23,25)/b22-15+. The van der Waals surface area contributed by atoms with Gasteiger partial charge in [0.05, 0.1) is 17.0 Å². The van der Waals surface area contributed by atoms with Crippen LogP contribution in [0.5, 0.6) is 0 Å². The molecule has 0 aromatic heterocycles. The van der Waals surface area contributed by atoms with Crippen molar-refractivity contribution < 1.29 is 14.5 Å². The van der Waals surface area contributed by atoms with Gasteiger partial charge in [-0.3, -0.25) is 19.7 Å². The first-order valence-corrected chi connectivity index (χ1v) is 8.76. The molecule has 28 heavy (non-hydrogen) atoms. The van der Waals surface area contributed by atoms with Gasteiger partial charge in [0.1, 0.15) is 0 Å². The molecule has 8 heteroatoms. The van der Waals surface area contributed by atoms with E-state index in [1.165, 1.54) is 12.1 Å². The highest BCUT2D eigenvalue weighted by molar-refractivity contribution is 6.06. The van der Waals surface area contributed by atoms with Crippen molar-refractivity contribution in [1.29, 1.82) is 0 Å². The van der Waals surface area contributed by atoms with Crippen LogP contribution in [0.15, 0.2) is 53.6 Å². The van der Waals surface area contributed by atoms with E-state index in [9.17, 15) is 19.7 Å². The number of benzene rings is 2. The molecule has 2 aromatic rings. The minimum Gasteiger partial charge on any atom is -0.325 e. The SMILES string of the molecule is C/C(CC(=O)Nc1cc([N+](=O)[O-])ccc1C)=N\NC(=O)CCc1ccccc1. The van der Waals surface area contributed by atoms with Crippen molar-refractivity contribution in [2.24, 2.45) is 5.10 Å².